The smallest absolute Gasteiger partial charge is 0.188 e. The summed E-state index contributed by atoms with van der Waals surface area (Å²) in [5, 5.41) is 38.7. The average Bonchev–Trinajstić information content (AvgIpc) is 3.94. The number of fused-ring (bicyclic) bond motifs is 4. The fourth-order valence-electron chi connectivity index (χ4n) is 10.6. The van der Waals surface area contributed by atoms with Crippen LogP contribution >= 0.6 is 22.7 Å². The molecule has 7 N–H and O–H groups in total. The number of phenols is 1. The fourth-order valence-corrected chi connectivity index (χ4v) is 12.6. The minimum absolute atomic E-state index is 0.0792. The van der Waals surface area contributed by atoms with Crippen molar-refractivity contribution in [1.29, 1.82) is 0 Å². The summed E-state index contributed by atoms with van der Waals surface area (Å²) >= 11 is 3.26. The predicted octanol–water partition coefficient (Wildman–Crippen LogP) is 7.02. The lowest BCUT2D eigenvalue weighted by molar-refractivity contribution is 0.0241. The lowest BCUT2D eigenvalue weighted by atomic mass is 9.57. The third-order valence-corrected chi connectivity index (χ3v) is 15.1. The molecule has 3 saturated carbocycles. The molecule has 280 valence electrons. The number of nitrogens with two attached hydrogens (primary N) is 1. The molecular weight excluding hydrogens is 701 g/mol. The van der Waals surface area contributed by atoms with E-state index >= 15 is 0 Å². The molecule has 0 aliphatic heterocycles. The monoisotopic (exact) mass is 752 g/mol. The average molecular weight is 753 g/mol. The summed E-state index contributed by atoms with van der Waals surface area (Å²) in [7, 11) is 1.68. The van der Waals surface area contributed by atoms with Crippen molar-refractivity contribution in [2.24, 2.45) is 45.2 Å². The number of ketones is 1. The minimum atomic E-state index is -0.575. The van der Waals surface area contributed by atoms with E-state index in [-0.39, 0.29) is 58.7 Å². The summed E-state index contributed by atoms with van der Waals surface area (Å²) in [6.45, 7) is 4.06. The van der Waals surface area contributed by atoms with E-state index in [1.807, 2.05) is 13.0 Å². The van der Waals surface area contributed by atoms with E-state index in [9.17, 15) is 20.1 Å². The van der Waals surface area contributed by atoms with Crippen molar-refractivity contribution in [3.05, 3.63) is 57.3 Å². The maximum Gasteiger partial charge on any atom is 0.188 e. The summed E-state index contributed by atoms with van der Waals surface area (Å²) in [4.78, 5) is 23.3. The van der Waals surface area contributed by atoms with Crippen molar-refractivity contribution in [2.45, 2.75) is 90.2 Å². The number of Topliss-reactive ketones (excluding diaryl/α,β-unsaturated/α-hetero) is 1. The van der Waals surface area contributed by atoms with Gasteiger partial charge in [-0.1, -0.05) is 24.2 Å². The molecule has 4 aliphatic rings. The van der Waals surface area contributed by atoms with E-state index in [4.69, 9.17) is 5.73 Å². The van der Waals surface area contributed by atoms with Gasteiger partial charge in [-0.3, -0.25) is 9.79 Å². The van der Waals surface area contributed by atoms with Gasteiger partial charge in [-0.25, -0.2) is 0 Å². The Morgan fingerprint density at radius 3 is 2.74 bits per heavy atom. The number of aliphatic hydroxyl groups excluding tert-OH is 2. The van der Waals surface area contributed by atoms with Crippen LogP contribution in [0.25, 0.3) is 9.75 Å². The number of guanidine groups is 1. The van der Waals surface area contributed by atoms with Gasteiger partial charge in [-0.05, 0) is 130 Å². The Kier molecular flexibility index (Phi) is 11.0. The summed E-state index contributed by atoms with van der Waals surface area (Å²) in [6.07, 6.45) is 8.12. The van der Waals surface area contributed by atoms with Gasteiger partial charge in [0.25, 0.3) is 0 Å². The molecule has 3 aromatic rings. The van der Waals surface area contributed by atoms with Crippen molar-refractivity contribution in [1.82, 2.24) is 5.32 Å². The van der Waals surface area contributed by atoms with Gasteiger partial charge in [0, 0.05) is 54.4 Å². The molecular formula is C43H52N4O4S2. The molecule has 3 bridgehead atoms. The zero-order valence-electron chi connectivity index (χ0n) is 31.0. The Hall–Kier alpha value is -3.80. The molecule has 2 aromatic heterocycles. The van der Waals surface area contributed by atoms with Crippen LogP contribution in [0.4, 0.5) is 5.69 Å². The van der Waals surface area contributed by atoms with Crippen molar-refractivity contribution >= 4 is 40.1 Å². The van der Waals surface area contributed by atoms with Crippen molar-refractivity contribution in [3.8, 4) is 39.2 Å². The number of phenolic OH excluding ortho intramolecular Hbond substituents is 1. The third kappa shape index (κ3) is 7.36. The highest BCUT2D eigenvalue weighted by atomic mass is 32.1. The molecule has 3 fully saturated rings. The van der Waals surface area contributed by atoms with Gasteiger partial charge in [-0.2, -0.15) is 0 Å². The Morgan fingerprint density at radius 1 is 1.15 bits per heavy atom. The van der Waals surface area contributed by atoms with Crippen LogP contribution in [0.1, 0.15) is 97.3 Å². The molecule has 0 amide bonds. The minimum Gasteiger partial charge on any atom is -0.508 e. The highest BCUT2D eigenvalue weighted by molar-refractivity contribution is 7.23. The molecule has 8 atom stereocenters. The van der Waals surface area contributed by atoms with Crippen LogP contribution in [-0.4, -0.2) is 59.4 Å². The number of rotatable bonds is 8. The van der Waals surface area contributed by atoms with Gasteiger partial charge in [0.05, 0.1) is 27.1 Å². The Balaban J connectivity index is 1.31. The topological polar surface area (TPSA) is 140 Å². The molecule has 1 aromatic carbocycles. The van der Waals surface area contributed by atoms with Crippen molar-refractivity contribution < 1.29 is 20.1 Å². The van der Waals surface area contributed by atoms with Gasteiger partial charge in [0.2, 0.25) is 0 Å². The maximum atomic E-state index is 14.9. The van der Waals surface area contributed by atoms with E-state index in [2.05, 4.69) is 57.5 Å². The number of nitrogens with one attached hydrogen (secondary N) is 2. The van der Waals surface area contributed by atoms with Crippen LogP contribution in [0.15, 0.2) is 41.4 Å². The summed E-state index contributed by atoms with van der Waals surface area (Å²) < 4.78 is 0. The fraction of sp³-hybridized carbons (Fsp3) is 0.535. The number of aliphatic hydroxyl groups is 2. The number of anilines is 1. The quantitative estimate of drug-likeness (QED) is 0.0629. The van der Waals surface area contributed by atoms with Gasteiger partial charge < -0.3 is 31.7 Å². The standard InChI is InChI=1S/C43H52N4O4S2/c1-4-7-32-12-14-37(52-32)38-15-16-39(53-38)40(51)34-13-11-27-21-42(34)22-29(43(25-42)17-6-9-30(43)24-48)8-5-10-33-28(19-35(27)47-41(44)45-3)18-31(50)20-36(33)46-23-26(2)49/h12,14-16,18,20,26-27,29-30,34-35,46,48-50H,6,8-9,11,13,17,19,21-25H2,1-3H3,(H3,44,45,47)/t26-,27+,29+,30-,34-,35+,42+,43+/m0/s1. The number of carbonyl (C=O) groups excluding carboxylic acids is 1. The highest BCUT2D eigenvalue weighted by Gasteiger charge is 2.63. The lowest BCUT2D eigenvalue weighted by Crippen LogP contribution is -2.50. The first kappa shape index (κ1) is 37.5. The lowest BCUT2D eigenvalue weighted by Gasteiger charge is -2.48. The highest BCUT2D eigenvalue weighted by Crippen LogP contribution is 2.69. The van der Waals surface area contributed by atoms with E-state index in [1.54, 1.807) is 48.8 Å². The van der Waals surface area contributed by atoms with Crippen LogP contribution in [0.2, 0.25) is 0 Å². The number of aliphatic imine (C=N–C) groups is 1. The predicted molar refractivity (Wildman–Crippen MR) is 215 cm³/mol. The van der Waals surface area contributed by atoms with Crippen LogP contribution < -0.4 is 16.4 Å². The number of nitrogens with zero attached hydrogens (tertiary/aromatic N) is 1. The first-order chi connectivity index (χ1) is 25.6. The SMILES string of the molecule is CC#Cc1ccc(-c2ccc(C(=O)[C@@H]3CC[C@@H]4C[C@]35C[C@@H](CC#Cc3c(cc(O)cc3NC[C@H](C)O)C[C@H]4NC(N)=NC)[C@@]3(CCC[C@H]3CO)C5)s2)s1. The summed E-state index contributed by atoms with van der Waals surface area (Å²) in [5.74, 6) is 14.5. The molecule has 2 spiro atoms. The molecule has 10 heteroatoms. The van der Waals surface area contributed by atoms with Crippen LogP contribution in [0.5, 0.6) is 5.75 Å². The van der Waals surface area contributed by atoms with E-state index in [0.29, 0.717) is 31.0 Å². The number of aromatic hydroxyl groups is 1. The zero-order chi connectivity index (χ0) is 37.3. The second-order valence-electron chi connectivity index (χ2n) is 15.9. The Bertz CT molecular complexity index is 1990. The molecule has 7 rings (SSSR count). The van der Waals surface area contributed by atoms with E-state index in [0.717, 1.165) is 82.0 Å². The van der Waals surface area contributed by atoms with E-state index in [1.165, 1.54) is 0 Å². The Morgan fingerprint density at radius 2 is 1.96 bits per heavy atom. The van der Waals surface area contributed by atoms with Crippen LogP contribution in [0.3, 0.4) is 0 Å². The van der Waals surface area contributed by atoms with Crippen LogP contribution in [0, 0.1) is 58.2 Å². The molecule has 53 heavy (non-hydrogen) atoms. The number of thiophene rings is 2. The van der Waals surface area contributed by atoms with Crippen LogP contribution in [-0.2, 0) is 6.42 Å². The van der Waals surface area contributed by atoms with Gasteiger partial charge in [0.1, 0.15) is 5.75 Å². The largest absolute Gasteiger partial charge is 0.508 e. The number of hydrogen-bond donors (Lipinski definition) is 6. The van der Waals surface area contributed by atoms with Gasteiger partial charge in [0.15, 0.2) is 11.7 Å². The van der Waals surface area contributed by atoms with Crippen molar-refractivity contribution in [3.63, 3.8) is 0 Å². The van der Waals surface area contributed by atoms with Gasteiger partial charge in [-0.15, -0.1) is 28.6 Å². The van der Waals surface area contributed by atoms with Crippen molar-refractivity contribution in [2.75, 3.05) is 25.5 Å². The zero-order valence-corrected chi connectivity index (χ0v) is 32.6. The summed E-state index contributed by atoms with van der Waals surface area (Å²) in [5.41, 5.74) is 8.51. The third-order valence-electron chi connectivity index (χ3n) is 12.8. The molecule has 0 radical (unpaired) electrons. The second kappa shape index (κ2) is 15.5. The number of carbonyl (C=O) groups is 1. The van der Waals surface area contributed by atoms with Gasteiger partial charge >= 0.3 is 0 Å². The normalized spacial score (nSPS) is 29.8. The molecule has 2 heterocycles. The molecule has 0 unspecified atom stereocenters. The number of benzene rings is 1. The number of hydrogen-bond acceptors (Lipinski definition) is 8. The Labute approximate surface area is 321 Å². The summed E-state index contributed by atoms with van der Waals surface area (Å²) in [6, 6.07) is 11.7. The first-order valence-electron chi connectivity index (χ1n) is 19.1. The molecule has 0 saturated heterocycles. The van der Waals surface area contributed by atoms with E-state index < -0.39 is 6.10 Å². The maximum absolute atomic E-state index is 14.9. The molecule has 8 nitrogen and oxygen atoms in total. The molecule has 4 aliphatic carbocycles. The second-order valence-corrected chi connectivity index (χ2v) is 18.1. The first-order valence-corrected chi connectivity index (χ1v) is 20.7.